The predicted octanol–water partition coefficient (Wildman–Crippen LogP) is 30.3. The van der Waals surface area contributed by atoms with Crippen LogP contribution in [0.2, 0.25) is 0 Å². The second-order valence-corrected chi connectivity index (χ2v) is 31.0. The average molecular weight is 1440 g/mol. The van der Waals surface area contributed by atoms with Crippen LogP contribution in [-0.2, 0) is 10.8 Å². The van der Waals surface area contributed by atoms with Crippen LogP contribution in [-0.4, -0.2) is 0 Å². The van der Waals surface area contributed by atoms with Gasteiger partial charge < -0.3 is 28.4 Å². The average Bonchev–Trinajstić information content (AvgIpc) is 1.53. The minimum atomic E-state index is -0.409. The summed E-state index contributed by atoms with van der Waals surface area (Å²) in [6.07, 6.45) is 0. The van der Waals surface area contributed by atoms with Crippen molar-refractivity contribution in [2.75, 3.05) is 19.6 Å². The van der Waals surface area contributed by atoms with Gasteiger partial charge in [0.05, 0.1) is 11.4 Å². The zero-order valence-electron chi connectivity index (χ0n) is 62.4. The lowest BCUT2D eigenvalue weighted by Crippen LogP contribution is -2.17. The molecule has 0 spiro atoms. The first-order valence-electron chi connectivity index (χ1n) is 38.8. The van der Waals surface area contributed by atoms with Gasteiger partial charge in [0.25, 0.3) is 0 Å². The van der Waals surface area contributed by atoms with E-state index in [1.807, 2.05) is 0 Å². The van der Waals surface area contributed by atoms with Crippen molar-refractivity contribution in [2.24, 2.45) is 0 Å². The number of hydrogen-bond acceptors (Lipinski definition) is 6. The highest BCUT2D eigenvalue weighted by Crippen LogP contribution is 2.60. The summed E-state index contributed by atoms with van der Waals surface area (Å²) in [5.74, 6) is 0. The van der Waals surface area contributed by atoms with Crippen LogP contribution in [0.5, 0.6) is 0 Å². The molecule has 22 rings (SSSR count). The van der Waals surface area contributed by atoms with E-state index in [0.29, 0.717) is 0 Å². The molecule has 20 aromatic rings. The van der Waals surface area contributed by atoms with Crippen molar-refractivity contribution in [3.63, 3.8) is 0 Å². The van der Waals surface area contributed by atoms with Crippen molar-refractivity contribution in [1.29, 1.82) is 0 Å². The van der Waals surface area contributed by atoms with E-state index < -0.39 is 5.41 Å². The molecule has 2 heterocycles. The van der Waals surface area contributed by atoms with Gasteiger partial charge in [0.2, 0.25) is 0 Å². The Balaban J connectivity index is 0.610. The molecular weight excluding hydrogens is 1360 g/mol. The molecule has 2 aliphatic rings. The second kappa shape index (κ2) is 25.2. The van der Waals surface area contributed by atoms with E-state index in [0.717, 1.165) is 134 Å². The first-order chi connectivity index (χ1) is 55.1. The van der Waals surface area contributed by atoms with Gasteiger partial charge in [-0.05, 0) is 234 Å². The molecule has 0 aliphatic heterocycles. The molecule has 0 saturated carbocycles. The van der Waals surface area contributed by atoms with Crippen LogP contribution in [0.1, 0.15) is 49.9 Å². The largest absolute Gasteiger partial charge is 0.456 e. The molecule has 6 nitrogen and oxygen atoms in total. The molecule has 112 heavy (non-hydrogen) atoms. The summed E-state index contributed by atoms with van der Waals surface area (Å²) in [6, 6.07) is 137. The maximum Gasteiger partial charge on any atom is 0.143 e. The highest BCUT2D eigenvalue weighted by Gasteiger charge is 2.42. The quantitative estimate of drug-likeness (QED) is 0.115. The van der Waals surface area contributed by atoms with Crippen molar-refractivity contribution in [2.45, 2.75) is 38.5 Å². The molecule has 0 fully saturated rings. The lowest BCUT2D eigenvalue weighted by atomic mass is 9.79. The lowest BCUT2D eigenvalue weighted by molar-refractivity contribution is 0.657. The first kappa shape index (κ1) is 64.9. The Morgan fingerprint density at radius 3 is 1.24 bits per heavy atom. The van der Waals surface area contributed by atoms with Crippen LogP contribution in [0, 0.1) is 0 Å². The minimum Gasteiger partial charge on any atom is -0.456 e. The zero-order valence-corrected chi connectivity index (χ0v) is 62.4. The number of anilines is 12. The smallest absolute Gasteiger partial charge is 0.143 e. The number of fused-ring (bicyclic) bond motifs is 22. The van der Waals surface area contributed by atoms with Crippen molar-refractivity contribution in [1.82, 2.24) is 0 Å². The van der Waals surface area contributed by atoms with Crippen LogP contribution in [0.15, 0.2) is 385 Å². The molecule has 18 aromatic carbocycles. The van der Waals surface area contributed by atoms with E-state index in [1.54, 1.807) is 0 Å². The molecule has 2 aliphatic carbocycles. The molecule has 530 valence electrons. The van der Waals surface area contributed by atoms with E-state index in [1.165, 1.54) is 76.8 Å². The van der Waals surface area contributed by atoms with Gasteiger partial charge in [-0.15, -0.1) is 0 Å². The van der Waals surface area contributed by atoms with Gasteiger partial charge >= 0.3 is 0 Å². The Morgan fingerprint density at radius 2 is 0.643 bits per heavy atom. The monoisotopic (exact) mass is 1430 g/mol. The highest BCUT2D eigenvalue weighted by molar-refractivity contribution is 6.26. The Kier molecular flexibility index (Phi) is 14.6. The summed E-state index contributed by atoms with van der Waals surface area (Å²) in [5.41, 5.74) is 28.4. The fraction of sp³-hybridized carbons (Fsp3) is 0.0566. The van der Waals surface area contributed by atoms with Crippen molar-refractivity contribution >= 4 is 155 Å². The SMILES string of the molecule is CC1(C)c2ccc3oc4c5ccc(N(c6ccccc6)c6ccccc6)cc5ccc4c3c2-c2ccc3cc(N(c4ccccc4)c4cccc(-c5ccc(N(c6ccccc6)c6cc7oc8ccc9c(c8c7c7ccccc67)C(C)(C)c6cc(N(c7ccccc7)c7ccccc7)c7ccccc7c6-9)cc5)c4)ccc3c21. The summed E-state index contributed by atoms with van der Waals surface area (Å²) in [6.45, 7) is 9.61. The standard InChI is InChI=1S/C106H74N4O2/c1-105(2)90-59-61-94-100(89-55-49-70-64-79(53-57-82(70)104(89)112-94)107(71-29-11-5-12-30-71)72-31-13-6-14-32-72)98(90)88-54-48-69-63-80(52-56-81(69)102(88)105)108(73-33-15-7-16-34-73)78-41-27-28-68(62-78)67-46-50-77(51-47-67)110(76-39-21-10-22-40-76)93-66-96-99(86-45-26-24-43-84(86)93)101-95(111-96)60-58-87-97-85-44-25-23-42-83(85)92(65-91(97)106(3,4)103(87)101)109(74-35-17-8-18-36-74)75-37-19-9-20-38-75/h5-66H,1-4H3. The molecule has 6 heteroatoms. The van der Waals surface area contributed by atoms with Gasteiger partial charge in [0.15, 0.2) is 0 Å². The molecule has 0 N–H and O–H groups in total. The number of rotatable bonds is 13. The molecule has 0 radical (unpaired) electrons. The fourth-order valence-electron chi connectivity index (χ4n) is 19.1. The van der Waals surface area contributed by atoms with E-state index in [9.17, 15) is 0 Å². The molecule has 0 bridgehead atoms. The molecular formula is C106H74N4O2. The molecule has 0 amide bonds. The normalized spacial score (nSPS) is 13.1. The number of nitrogens with zero attached hydrogens (tertiary/aromatic N) is 4. The van der Waals surface area contributed by atoms with Gasteiger partial charge in [0.1, 0.15) is 22.3 Å². The first-order valence-corrected chi connectivity index (χ1v) is 38.8. The Bertz CT molecular complexity index is 7100. The molecule has 0 atom stereocenters. The number of para-hydroxylation sites is 6. The number of benzene rings is 18. The summed E-state index contributed by atoms with van der Waals surface area (Å²) in [7, 11) is 0. The molecule has 0 saturated heterocycles. The fourth-order valence-corrected chi connectivity index (χ4v) is 19.1. The minimum absolute atomic E-state index is 0.295. The predicted molar refractivity (Wildman–Crippen MR) is 470 cm³/mol. The number of furan rings is 2. The summed E-state index contributed by atoms with van der Waals surface area (Å²) in [5, 5.41) is 14.0. The Labute approximate surface area is 649 Å². The van der Waals surface area contributed by atoms with Crippen molar-refractivity contribution < 1.29 is 8.83 Å². The lowest BCUT2D eigenvalue weighted by Gasteiger charge is -2.30. The van der Waals surface area contributed by atoms with Crippen molar-refractivity contribution in [3.8, 4) is 33.4 Å². The van der Waals surface area contributed by atoms with E-state index in [2.05, 4.69) is 423 Å². The summed E-state index contributed by atoms with van der Waals surface area (Å²) < 4.78 is 14.2. The van der Waals surface area contributed by atoms with Gasteiger partial charge in [0, 0.05) is 111 Å². The maximum absolute atomic E-state index is 7.25. The third kappa shape index (κ3) is 9.97. The third-order valence-electron chi connectivity index (χ3n) is 24.0. The van der Waals surface area contributed by atoms with Gasteiger partial charge in [-0.3, -0.25) is 0 Å². The molecule has 0 unspecified atom stereocenters. The van der Waals surface area contributed by atoms with Gasteiger partial charge in [-0.2, -0.15) is 0 Å². The Hall–Kier alpha value is -14.2. The van der Waals surface area contributed by atoms with E-state index in [4.69, 9.17) is 8.83 Å². The van der Waals surface area contributed by atoms with Crippen LogP contribution in [0.4, 0.5) is 68.2 Å². The highest BCUT2D eigenvalue weighted by atomic mass is 16.3. The van der Waals surface area contributed by atoms with Crippen molar-refractivity contribution in [3.05, 3.63) is 398 Å². The molecule has 2 aromatic heterocycles. The summed E-state index contributed by atoms with van der Waals surface area (Å²) >= 11 is 0. The third-order valence-corrected chi connectivity index (χ3v) is 24.0. The van der Waals surface area contributed by atoms with Crippen LogP contribution in [0.25, 0.3) is 120 Å². The summed E-state index contributed by atoms with van der Waals surface area (Å²) in [4.78, 5) is 9.53. The number of hydrogen-bond donors (Lipinski definition) is 0. The Morgan fingerprint density at radius 1 is 0.223 bits per heavy atom. The van der Waals surface area contributed by atoms with Crippen LogP contribution in [0.3, 0.4) is 0 Å². The van der Waals surface area contributed by atoms with Crippen LogP contribution >= 0.6 is 0 Å². The van der Waals surface area contributed by atoms with Gasteiger partial charge in [-0.1, -0.05) is 246 Å². The zero-order chi connectivity index (χ0) is 74.5. The van der Waals surface area contributed by atoms with E-state index in [-0.39, 0.29) is 5.41 Å². The maximum atomic E-state index is 7.25. The van der Waals surface area contributed by atoms with Crippen LogP contribution < -0.4 is 19.6 Å². The second-order valence-electron chi connectivity index (χ2n) is 31.0. The van der Waals surface area contributed by atoms with Gasteiger partial charge in [-0.25, -0.2) is 0 Å². The topological polar surface area (TPSA) is 39.2 Å². The van der Waals surface area contributed by atoms with E-state index >= 15 is 0 Å².